The van der Waals surface area contributed by atoms with Crippen LogP contribution in [0.3, 0.4) is 0 Å². The van der Waals surface area contributed by atoms with Crippen molar-refractivity contribution in [2.75, 3.05) is 6.54 Å². The SMILES string of the molecule is CC1=CCC(C2=CCNC=C2)C=C1. The van der Waals surface area contributed by atoms with Crippen LogP contribution < -0.4 is 5.32 Å². The molecule has 1 heteroatoms. The lowest BCUT2D eigenvalue weighted by Crippen LogP contribution is -2.12. The van der Waals surface area contributed by atoms with Gasteiger partial charge in [0.2, 0.25) is 0 Å². The van der Waals surface area contributed by atoms with Crippen LogP contribution >= 0.6 is 0 Å². The van der Waals surface area contributed by atoms with E-state index in [4.69, 9.17) is 0 Å². The average Bonchev–Trinajstić information content (AvgIpc) is 2.20. The number of hydrogen-bond acceptors (Lipinski definition) is 1. The third-order valence-corrected chi connectivity index (χ3v) is 2.56. The van der Waals surface area contributed by atoms with Crippen LogP contribution in [0.2, 0.25) is 0 Å². The number of dihydropyridines is 1. The Morgan fingerprint density at radius 2 is 2.23 bits per heavy atom. The lowest BCUT2D eigenvalue weighted by atomic mass is 9.89. The molecule has 13 heavy (non-hydrogen) atoms. The van der Waals surface area contributed by atoms with Gasteiger partial charge in [0.15, 0.2) is 0 Å². The van der Waals surface area contributed by atoms with Gasteiger partial charge in [-0.3, -0.25) is 0 Å². The molecule has 1 heterocycles. The van der Waals surface area contributed by atoms with E-state index in [-0.39, 0.29) is 0 Å². The van der Waals surface area contributed by atoms with Crippen LogP contribution in [0, 0.1) is 5.92 Å². The van der Waals surface area contributed by atoms with Crippen molar-refractivity contribution in [3.05, 3.63) is 47.7 Å². The second-order valence-corrected chi connectivity index (χ2v) is 3.60. The van der Waals surface area contributed by atoms with E-state index >= 15 is 0 Å². The molecule has 0 amide bonds. The van der Waals surface area contributed by atoms with Gasteiger partial charge in [-0.2, -0.15) is 0 Å². The topological polar surface area (TPSA) is 12.0 Å². The van der Waals surface area contributed by atoms with Gasteiger partial charge in [-0.1, -0.05) is 29.9 Å². The van der Waals surface area contributed by atoms with Crippen molar-refractivity contribution in [1.82, 2.24) is 5.32 Å². The molecule has 1 aliphatic carbocycles. The Kier molecular flexibility index (Phi) is 2.35. The molecule has 2 rings (SSSR count). The Hall–Kier alpha value is -1.24. The summed E-state index contributed by atoms with van der Waals surface area (Å²) in [5.74, 6) is 0.599. The van der Waals surface area contributed by atoms with Crippen LogP contribution in [0.15, 0.2) is 47.7 Å². The summed E-state index contributed by atoms with van der Waals surface area (Å²) < 4.78 is 0. The molecule has 0 aromatic rings. The molecular formula is C12H15N. The number of nitrogens with one attached hydrogen (secondary N) is 1. The van der Waals surface area contributed by atoms with Gasteiger partial charge in [-0.25, -0.2) is 0 Å². The van der Waals surface area contributed by atoms with Gasteiger partial charge in [-0.05, 0) is 31.2 Å². The number of rotatable bonds is 1. The Bertz CT molecular complexity index is 305. The van der Waals surface area contributed by atoms with Gasteiger partial charge in [-0.15, -0.1) is 0 Å². The van der Waals surface area contributed by atoms with E-state index in [2.05, 4.69) is 42.6 Å². The second kappa shape index (κ2) is 3.65. The lowest BCUT2D eigenvalue weighted by molar-refractivity contribution is 0.762. The first kappa shape index (κ1) is 8.36. The maximum atomic E-state index is 3.17. The minimum atomic E-state index is 0.599. The van der Waals surface area contributed by atoms with Crippen LogP contribution in [0.4, 0.5) is 0 Å². The molecular weight excluding hydrogens is 158 g/mol. The Labute approximate surface area is 79.5 Å². The zero-order chi connectivity index (χ0) is 9.10. The van der Waals surface area contributed by atoms with E-state index in [0.717, 1.165) is 13.0 Å². The van der Waals surface area contributed by atoms with Crippen LogP contribution in [-0.4, -0.2) is 6.54 Å². The molecule has 2 aliphatic rings. The highest BCUT2D eigenvalue weighted by molar-refractivity contribution is 5.33. The van der Waals surface area contributed by atoms with Crippen LogP contribution in [0.25, 0.3) is 0 Å². The second-order valence-electron chi connectivity index (χ2n) is 3.60. The normalized spacial score (nSPS) is 26.4. The summed E-state index contributed by atoms with van der Waals surface area (Å²) in [5, 5.41) is 3.17. The van der Waals surface area contributed by atoms with Crippen molar-refractivity contribution in [3.63, 3.8) is 0 Å². The van der Waals surface area contributed by atoms with E-state index in [1.807, 2.05) is 6.20 Å². The molecule has 1 unspecified atom stereocenters. The Morgan fingerprint density at radius 3 is 2.85 bits per heavy atom. The van der Waals surface area contributed by atoms with Gasteiger partial charge >= 0.3 is 0 Å². The van der Waals surface area contributed by atoms with Crippen molar-refractivity contribution >= 4 is 0 Å². The zero-order valence-corrected chi connectivity index (χ0v) is 7.96. The van der Waals surface area contributed by atoms with Crippen molar-refractivity contribution < 1.29 is 0 Å². The summed E-state index contributed by atoms with van der Waals surface area (Å²) in [4.78, 5) is 0. The maximum Gasteiger partial charge on any atom is 0.0331 e. The summed E-state index contributed by atoms with van der Waals surface area (Å²) in [6, 6.07) is 0. The quantitative estimate of drug-likeness (QED) is 0.642. The molecule has 1 atom stereocenters. The van der Waals surface area contributed by atoms with Crippen LogP contribution in [-0.2, 0) is 0 Å². The van der Waals surface area contributed by atoms with E-state index in [9.17, 15) is 0 Å². The molecule has 0 saturated carbocycles. The number of allylic oxidation sites excluding steroid dienone is 6. The first-order chi connectivity index (χ1) is 6.36. The summed E-state index contributed by atoms with van der Waals surface area (Å²) >= 11 is 0. The maximum absolute atomic E-state index is 3.17. The molecule has 1 aliphatic heterocycles. The van der Waals surface area contributed by atoms with Gasteiger partial charge in [0.05, 0.1) is 0 Å². The standard InChI is InChI=1S/C12H15N/c1-10-2-4-11(5-3-10)12-6-8-13-9-7-12/h2-4,6-8,11,13H,5,9H2,1H3. The van der Waals surface area contributed by atoms with Crippen molar-refractivity contribution in [2.45, 2.75) is 13.3 Å². The van der Waals surface area contributed by atoms with Crippen LogP contribution in [0.1, 0.15) is 13.3 Å². The molecule has 0 saturated heterocycles. The molecule has 1 nitrogen and oxygen atoms in total. The first-order valence-corrected chi connectivity index (χ1v) is 4.81. The summed E-state index contributed by atoms with van der Waals surface area (Å²) in [6.07, 6.45) is 14.5. The number of hydrogen-bond donors (Lipinski definition) is 1. The Morgan fingerprint density at radius 1 is 1.31 bits per heavy atom. The van der Waals surface area contributed by atoms with Crippen molar-refractivity contribution in [2.24, 2.45) is 5.92 Å². The van der Waals surface area contributed by atoms with Gasteiger partial charge in [0.25, 0.3) is 0 Å². The smallest absolute Gasteiger partial charge is 0.0331 e. The van der Waals surface area contributed by atoms with Crippen LogP contribution in [0.5, 0.6) is 0 Å². The van der Waals surface area contributed by atoms with Gasteiger partial charge < -0.3 is 5.32 Å². The fraction of sp³-hybridized carbons (Fsp3) is 0.333. The average molecular weight is 173 g/mol. The summed E-state index contributed by atoms with van der Waals surface area (Å²) in [7, 11) is 0. The molecule has 0 radical (unpaired) electrons. The molecule has 68 valence electrons. The van der Waals surface area contributed by atoms with Gasteiger partial charge in [0, 0.05) is 12.5 Å². The van der Waals surface area contributed by atoms with E-state index < -0.39 is 0 Å². The Balaban J connectivity index is 2.08. The van der Waals surface area contributed by atoms with E-state index in [0.29, 0.717) is 5.92 Å². The predicted molar refractivity (Wildman–Crippen MR) is 56.2 cm³/mol. The molecule has 0 aromatic carbocycles. The third-order valence-electron chi connectivity index (χ3n) is 2.56. The minimum Gasteiger partial charge on any atom is -0.387 e. The lowest BCUT2D eigenvalue weighted by Gasteiger charge is -2.18. The fourth-order valence-corrected chi connectivity index (χ4v) is 1.72. The fourth-order valence-electron chi connectivity index (χ4n) is 1.72. The van der Waals surface area contributed by atoms with E-state index in [1.54, 1.807) is 0 Å². The highest BCUT2D eigenvalue weighted by atomic mass is 14.8. The van der Waals surface area contributed by atoms with Gasteiger partial charge in [0.1, 0.15) is 0 Å². The molecule has 0 bridgehead atoms. The molecule has 1 N–H and O–H groups in total. The summed E-state index contributed by atoms with van der Waals surface area (Å²) in [6.45, 7) is 3.12. The summed E-state index contributed by atoms with van der Waals surface area (Å²) in [5.41, 5.74) is 2.83. The first-order valence-electron chi connectivity index (χ1n) is 4.81. The molecule has 0 fully saturated rings. The highest BCUT2D eigenvalue weighted by Crippen LogP contribution is 2.24. The van der Waals surface area contributed by atoms with Crippen molar-refractivity contribution in [1.29, 1.82) is 0 Å². The van der Waals surface area contributed by atoms with Crippen molar-refractivity contribution in [3.8, 4) is 0 Å². The molecule has 0 spiro atoms. The largest absolute Gasteiger partial charge is 0.387 e. The van der Waals surface area contributed by atoms with E-state index in [1.165, 1.54) is 11.1 Å². The zero-order valence-electron chi connectivity index (χ0n) is 7.96. The predicted octanol–water partition coefficient (Wildman–Crippen LogP) is 2.55. The third kappa shape index (κ3) is 1.92. The highest BCUT2D eigenvalue weighted by Gasteiger charge is 2.11. The monoisotopic (exact) mass is 173 g/mol. The minimum absolute atomic E-state index is 0.599. The molecule has 0 aromatic heterocycles.